The molecular formula is C18H19ClN2O3S. The number of thioether (sulfide) groups is 1. The van der Waals surface area contributed by atoms with Crippen molar-refractivity contribution in [1.29, 1.82) is 0 Å². The molecule has 1 aliphatic rings. The molecule has 132 valence electrons. The average Bonchev–Trinajstić information content (AvgIpc) is 3.24. The summed E-state index contributed by atoms with van der Waals surface area (Å²) in [5.74, 6) is 1.14. The van der Waals surface area contributed by atoms with E-state index in [0.717, 1.165) is 16.4 Å². The number of rotatable bonds is 7. The summed E-state index contributed by atoms with van der Waals surface area (Å²) >= 11 is 7.51. The number of carbonyl (C=O) groups is 2. The number of likely N-dealkylation sites (tertiary alicyclic amines) is 1. The molecule has 1 aliphatic heterocycles. The van der Waals surface area contributed by atoms with Gasteiger partial charge in [-0.25, -0.2) is 0 Å². The average molecular weight is 379 g/mol. The second kappa shape index (κ2) is 8.45. The van der Waals surface area contributed by atoms with Gasteiger partial charge >= 0.3 is 0 Å². The Kier molecular flexibility index (Phi) is 6.04. The van der Waals surface area contributed by atoms with Crippen molar-refractivity contribution in [2.45, 2.75) is 17.9 Å². The molecule has 0 spiro atoms. The number of furan rings is 1. The molecule has 0 saturated carbocycles. The van der Waals surface area contributed by atoms with Crippen molar-refractivity contribution in [3.8, 4) is 0 Å². The van der Waals surface area contributed by atoms with E-state index in [0.29, 0.717) is 24.7 Å². The monoisotopic (exact) mass is 378 g/mol. The zero-order valence-corrected chi connectivity index (χ0v) is 15.2. The minimum atomic E-state index is -0.289. The lowest BCUT2D eigenvalue weighted by Gasteiger charge is -2.15. The van der Waals surface area contributed by atoms with Crippen molar-refractivity contribution in [2.24, 2.45) is 5.92 Å². The van der Waals surface area contributed by atoms with Gasteiger partial charge < -0.3 is 14.6 Å². The third kappa shape index (κ3) is 5.03. The molecule has 1 saturated heterocycles. The molecule has 2 amide bonds. The molecule has 5 nitrogen and oxygen atoms in total. The molecule has 25 heavy (non-hydrogen) atoms. The molecule has 1 N–H and O–H groups in total. The molecule has 3 rings (SSSR count). The first-order valence-electron chi connectivity index (χ1n) is 8.08. The maximum atomic E-state index is 12.3. The van der Waals surface area contributed by atoms with E-state index in [4.69, 9.17) is 16.0 Å². The van der Waals surface area contributed by atoms with Gasteiger partial charge in [0.05, 0.1) is 18.7 Å². The van der Waals surface area contributed by atoms with E-state index in [-0.39, 0.29) is 24.2 Å². The normalized spacial score (nSPS) is 17.1. The standard InChI is InChI=1S/C18H19ClN2O3S/c19-14-3-5-16(6-4-14)25-9-7-20-18(23)13-10-17(22)21(11-13)12-15-2-1-8-24-15/h1-6,8,13H,7,9-12H2,(H,20,23). The van der Waals surface area contributed by atoms with Crippen LogP contribution in [0, 0.1) is 5.92 Å². The maximum Gasteiger partial charge on any atom is 0.225 e. The molecule has 2 aromatic rings. The second-order valence-corrected chi connectivity index (χ2v) is 7.45. The third-order valence-electron chi connectivity index (χ3n) is 4.00. The van der Waals surface area contributed by atoms with Gasteiger partial charge in [-0.15, -0.1) is 11.8 Å². The van der Waals surface area contributed by atoms with Gasteiger partial charge in [0.1, 0.15) is 5.76 Å². The van der Waals surface area contributed by atoms with Crippen LogP contribution in [0.3, 0.4) is 0 Å². The van der Waals surface area contributed by atoms with Crippen molar-refractivity contribution in [3.05, 3.63) is 53.4 Å². The van der Waals surface area contributed by atoms with E-state index < -0.39 is 0 Å². The Morgan fingerprint density at radius 1 is 1.32 bits per heavy atom. The topological polar surface area (TPSA) is 62.6 Å². The highest BCUT2D eigenvalue weighted by Crippen LogP contribution is 2.21. The van der Waals surface area contributed by atoms with Crippen LogP contribution in [0.25, 0.3) is 0 Å². The summed E-state index contributed by atoms with van der Waals surface area (Å²) in [7, 11) is 0. The first-order valence-corrected chi connectivity index (χ1v) is 9.44. The highest BCUT2D eigenvalue weighted by Gasteiger charge is 2.34. The predicted molar refractivity (Wildman–Crippen MR) is 97.4 cm³/mol. The lowest BCUT2D eigenvalue weighted by Crippen LogP contribution is -2.34. The summed E-state index contributed by atoms with van der Waals surface area (Å²) in [6, 6.07) is 11.2. The maximum absolute atomic E-state index is 12.3. The van der Waals surface area contributed by atoms with Crippen molar-refractivity contribution >= 4 is 35.2 Å². The second-order valence-electron chi connectivity index (χ2n) is 5.85. The van der Waals surface area contributed by atoms with Gasteiger partial charge in [-0.2, -0.15) is 0 Å². The van der Waals surface area contributed by atoms with Crippen LogP contribution in [-0.2, 0) is 16.1 Å². The Morgan fingerprint density at radius 2 is 2.12 bits per heavy atom. The Hall–Kier alpha value is -1.92. The summed E-state index contributed by atoms with van der Waals surface area (Å²) in [6.07, 6.45) is 1.84. The van der Waals surface area contributed by atoms with Crippen LogP contribution >= 0.6 is 23.4 Å². The van der Waals surface area contributed by atoms with Gasteiger partial charge in [0, 0.05) is 35.2 Å². The lowest BCUT2D eigenvalue weighted by atomic mass is 10.1. The number of hydrogen-bond donors (Lipinski definition) is 1. The number of benzene rings is 1. The van der Waals surface area contributed by atoms with E-state index in [1.165, 1.54) is 0 Å². The first kappa shape index (κ1) is 17.9. The number of carbonyl (C=O) groups excluding carboxylic acids is 2. The summed E-state index contributed by atoms with van der Waals surface area (Å²) in [5.41, 5.74) is 0. The zero-order valence-electron chi connectivity index (χ0n) is 13.6. The van der Waals surface area contributed by atoms with Gasteiger partial charge in [0.25, 0.3) is 0 Å². The van der Waals surface area contributed by atoms with Gasteiger partial charge in [-0.1, -0.05) is 11.6 Å². The predicted octanol–water partition coefficient (Wildman–Crippen LogP) is 3.19. The van der Waals surface area contributed by atoms with Crippen molar-refractivity contribution in [1.82, 2.24) is 10.2 Å². The minimum Gasteiger partial charge on any atom is -0.467 e. The Bertz CT molecular complexity index is 718. The van der Waals surface area contributed by atoms with Crippen LogP contribution in [0.15, 0.2) is 52.0 Å². The molecule has 2 heterocycles. The van der Waals surface area contributed by atoms with E-state index >= 15 is 0 Å². The van der Waals surface area contributed by atoms with Crippen molar-refractivity contribution in [3.63, 3.8) is 0 Å². The number of nitrogens with zero attached hydrogens (tertiary/aromatic N) is 1. The molecular weight excluding hydrogens is 360 g/mol. The number of halogens is 1. The number of hydrogen-bond acceptors (Lipinski definition) is 4. The fourth-order valence-corrected chi connectivity index (χ4v) is 3.60. The van der Waals surface area contributed by atoms with Gasteiger partial charge in [0.15, 0.2) is 0 Å². The SMILES string of the molecule is O=C(NCCSc1ccc(Cl)cc1)C1CC(=O)N(Cc2ccco2)C1. The minimum absolute atomic E-state index is 0.00732. The lowest BCUT2D eigenvalue weighted by molar-refractivity contribution is -0.129. The number of nitrogens with one attached hydrogen (secondary N) is 1. The van der Waals surface area contributed by atoms with E-state index in [1.54, 1.807) is 29.0 Å². The highest BCUT2D eigenvalue weighted by atomic mass is 35.5. The molecule has 7 heteroatoms. The Labute approximate surface area is 155 Å². The van der Waals surface area contributed by atoms with Crippen LogP contribution in [0.1, 0.15) is 12.2 Å². The summed E-state index contributed by atoms with van der Waals surface area (Å²) < 4.78 is 5.26. The van der Waals surface area contributed by atoms with Crippen LogP contribution in [0.4, 0.5) is 0 Å². The molecule has 1 aromatic carbocycles. The van der Waals surface area contributed by atoms with E-state index in [9.17, 15) is 9.59 Å². The highest BCUT2D eigenvalue weighted by molar-refractivity contribution is 7.99. The molecule has 0 aliphatic carbocycles. The molecule has 1 aromatic heterocycles. The first-order chi connectivity index (χ1) is 12.1. The third-order valence-corrected chi connectivity index (χ3v) is 5.26. The largest absolute Gasteiger partial charge is 0.467 e. The molecule has 0 radical (unpaired) electrons. The summed E-state index contributed by atoms with van der Waals surface area (Å²) in [6.45, 7) is 1.42. The molecule has 0 bridgehead atoms. The molecule has 1 unspecified atom stereocenters. The zero-order chi connectivity index (χ0) is 17.6. The van der Waals surface area contributed by atoms with Crippen molar-refractivity contribution < 1.29 is 14.0 Å². The number of amides is 2. The van der Waals surface area contributed by atoms with E-state index in [1.807, 2.05) is 30.3 Å². The quantitative estimate of drug-likeness (QED) is 0.593. The van der Waals surface area contributed by atoms with Crippen molar-refractivity contribution in [2.75, 3.05) is 18.8 Å². The van der Waals surface area contributed by atoms with Crippen LogP contribution in [0.2, 0.25) is 5.02 Å². The van der Waals surface area contributed by atoms with Gasteiger partial charge in [0.2, 0.25) is 11.8 Å². The fraction of sp³-hybridized carbons (Fsp3) is 0.333. The molecule has 1 atom stereocenters. The van der Waals surface area contributed by atoms with Crippen LogP contribution in [-0.4, -0.2) is 35.6 Å². The molecule has 1 fully saturated rings. The fourth-order valence-electron chi connectivity index (χ4n) is 2.71. The van der Waals surface area contributed by atoms with Gasteiger partial charge in [-0.3, -0.25) is 9.59 Å². The summed E-state index contributed by atoms with van der Waals surface area (Å²) in [4.78, 5) is 27.1. The summed E-state index contributed by atoms with van der Waals surface area (Å²) in [5, 5.41) is 3.63. The van der Waals surface area contributed by atoms with Gasteiger partial charge in [-0.05, 0) is 36.4 Å². The smallest absolute Gasteiger partial charge is 0.225 e. The van der Waals surface area contributed by atoms with Crippen LogP contribution < -0.4 is 5.32 Å². The van der Waals surface area contributed by atoms with Crippen LogP contribution in [0.5, 0.6) is 0 Å². The Morgan fingerprint density at radius 3 is 2.84 bits per heavy atom. The van der Waals surface area contributed by atoms with E-state index in [2.05, 4.69) is 5.32 Å². The Balaban J connectivity index is 1.39.